The van der Waals surface area contributed by atoms with E-state index in [0.717, 1.165) is 43.8 Å². The fourth-order valence-corrected chi connectivity index (χ4v) is 4.46. The lowest BCUT2D eigenvalue weighted by Crippen LogP contribution is -2.34. The molecule has 26 heavy (non-hydrogen) atoms. The summed E-state index contributed by atoms with van der Waals surface area (Å²) in [6, 6.07) is 9.39. The van der Waals surface area contributed by atoms with Gasteiger partial charge in [0.15, 0.2) is 0 Å². The molecule has 2 aliphatic heterocycles. The van der Waals surface area contributed by atoms with Crippen LogP contribution in [-0.2, 0) is 19.4 Å². The lowest BCUT2D eigenvalue weighted by molar-refractivity contribution is 0.305. The van der Waals surface area contributed by atoms with Gasteiger partial charge in [-0.3, -0.25) is 0 Å². The first-order chi connectivity index (χ1) is 12.8. The third kappa shape index (κ3) is 2.86. The summed E-state index contributed by atoms with van der Waals surface area (Å²) in [7, 11) is 0. The molecule has 3 nitrogen and oxygen atoms in total. The molecule has 1 saturated carbocycles. The van der Waals surface area contributed by atoms with Crippen molar-refractivity contribution in [1.82, 2.24) is 5.32 Å². The number of nitrogens with zero attached hydrogens (tertiary/aromatic N) is 1. The molecule has 1 fully saturated rings. The minimum atomic E-state index is -0.118. The Morgan fingerprint density at radius 2 is 2.00 bits per heavy atom. The molecule has 2 aromatic rings. The molecule has 136 valence electrons. The van der Waals surface area contributed by atoms with E-state index in [1.54, 1.807) is 12.1 Å². The molecule has 2 heterocycles. The first kappa shape index (κ1) is 16.1. The number of benzene rings is 2. The lowest BCUT2D eigenvalue weighted by Gasteiger charge is -2.35. The second kappa shape index (κ2) is 6.58. The summed E-state index contributed by atoms with van der Waals surface area (Å²) in [6.45, 7) is 4.18. The first-order valence-electron chi connectivity index (χ1n) is 9.82. The Hall–Kier alpha value is -2.07. The van der Waals surface area contributed by atoms with Crippen LogP contribution in [0.4, 0.5) is 10.1 Å². The highest BCUT2D eigenvalue weighted by Gasteiger charge is 2.35. The van der Waals surface area contributed by atoms with Crippen LogP contribution in [0.15, 0.2) is 30.3 Å². The average molecular weight is 352 g/mol. The number of anilines is 1. The molecule has 3 aliphatic rings. The Labute approximate surface area is 154 Å². The highest BCUT2D eigenvalue weighted by atomic mass is 19.1. The van der Waals surface area contributed by atoms with Crippen molar-refractivity contribution in [2.75, 3.05) is 31.1 Å². The molecule has 2 aromatic carbocycles. The molecule has 5 rings (SSSR count). The first-order valence-corrected chi connectivity index (χ1v) is 9.82. The molecule has 0 saturated heterocycles. The van der Waals surface area contributed by atoms with E-state index in [2.05, 4.69) is 16.3 Å². The second-order valence-electron chi connectivity index (χ2n) is 7.66. The number of ether oxygens (including phenoxy) is 1. The zero-order chi connectivity index (χ0) is 17.5. The van der Waals surface area contributed by atoms with Crippen molar-refractivity contribution in [3.63, 3.8) is 0 Å². The van der Waals surface area contributed by atoms with Crippen molar-refractivity contribution < 1.29 is 9.13 Å². The Balaban J connectivity index is 1.61. The molecule has 0 unspecified atom stereocenters. The maximum atomic E-state index is 14.3. The maximum absolute atomic E-state index is 14.3. The van der Waals surface area contributed by atoms with E-state index in [9.17, 15) is 4.39 Å². The van der Waals surface area contributed by atoms with Gasteiger partial charge in [0.1, 0.15) is 18.2 Å². The normalized spacial score (nSPS) is 19.3. The third-order valence-corrected chi connectivity index (χ3v) is 5.87. The van der Waals surface area contributed by atoms with Crippen LogP contribution >= 0.6 is 0 Å². The molecule has 0 atom stereocenters. The number of rotatable bonds is 3. The Morgan fingerprint density at radius 3 is 2.85 bits per heavy atom. The molecule has 1 N–H and O–H groups in total. The van der Waals surface area contributed by atoms with Crippen LogP contribution in [0.2, 0.25) is 0 Å². The van der Waals surface area contributed by atoms with Crippen molar-refractivity contribution in [1.29, 1.82) is 0 Å². The molecule has 4 heteroatoms. The number of halogens is 1. The number of nitrogens with one attached hydrogen (secondary N) is 1. The Kier molecular flexibility index (Phi) is 4.08. The minimum absolute atomic E-state index is 0.118. The van der Waals surface area contributed by atoms with Crippen molar-refractivity contribution in [3.8, 4) is 5.75 Å². The van der Waals surface area contributed by atoms with E-state index in [0.29, 0.717) is 19.1 Å². The average Bonchev–Trinajstić information content (AvgIpc) is 3.49. The third-order valence-electron chi connectivity index (χ3n) is 5.87. The molecule has 1 aliphatic carbocycles. The van der Waals surface area contributed by atoms with Crippen LogP contribution in [0, 0.1) is 5.82 Å². The van der Waals surface area contributed by atoms with Crippen LogP contribution in [0.1, 0.15) is 41.0 Å². The summed E-state index contributed by atoms with van der Waals surface area (Å²) in [5, 5.41) is 3.53. The van der Waals surface area contributed by atoms with E-state index in [1.807, 2.05) is 12.1 Å². The summed E-state index contributed by atoms with van der Waals surface area (Å²) in [6.07, 6.45) is 4.69. The van der Waals surface area contributed by atoms with Gasteiger partial charge < -0.3 is 15.0 Å². The van der Waals surface area contributed by atoms with Gasteiger partial charge in [0.05, 0.1) is 12.2 Å². The van der Waals surface area contributed by atoms with Crippen LogP contribution in [0.25, 0.3) is 0 Å². The van der Waals surface area contributed by atoms with Gasteiger partial charge in [0, 0.05) is 12.1 Å². The minimum Gasteiger partial charge on any atom is -0.490 e. The summed E-state index contributed by atoms with van der Waals surface area (Å²) < 4.78 is 20.3. The van der Waals surface area contributed by atoms with E-state index in [1.165, 1.54) is 35.2 Å². The number of fused-ring (bicyclic) bond motifs is 2. The van der Waals surface area contributed by atoms with E-state index < -0.39 is 0 Å². The second-order valence-corrected chi connectivity index (χ2v) is 7.66. The molecule has 0 aromatic heterocycles. The van der Waals surface area contributed by atoms with E-state index >= 15 is 0 Å². The SMILES string of the molecule is Fc1ccccc1CN1CCOc2cc3c(c(C4CC4)c21)CCNCC3. The maximum Gasteiger partial charge on any atom is 0.143 e. The largest absolute Gasteiger partial charge is 0.490 e. The van der Waals surface area contributed by atoms with Crippen molar-refractivity contribution in [2.45, 2.75) is 38.1 Å². The van der Waals surface area contributed by atoms with Gasteiger partial charge >= 0.3 is 0 Å². The fourth-order valence-electron chi connectivity index (χ4n) is 4.46. The van der Waals surface area contributed by atoms with Gasteiger partial charge in [0.25, 0.3) is 0 Å². The monoisotopic (exact) mass is 352 g/mol. The van der Waals surface area contributed by atoms with Gasteiger partial charge in [-0.1, -0.05) is 18.2 Å². The standard InChI is InChI=1S/C22H25FN2O/c23-19-4-2-1-3-17(19)14-25-11-12-26-20-13-16-7-9-24-10-8-18(16)21(22(20)25)15-5-6-15/h1-4,13,15,24H,5-12,14H2. The number of hydrogen-bond acceptors (Lipinski definition) is 3. The molecule has 0 amide bonds. The molecular weight excluding hydrogens is 327 g/mol. The molecule has 0 radical (unpaired) electrons. The summed E-state index contributed by atoms with van der Waals surface area (Å²) in [5.74, 6) is 1.55. The summed E-state index contributed by atoms with van der Waals surface area (Å²) in [5.41, 5.74) is 6.47. The predicted octanol–water partition coefficient (Wildman–Crippen LogP) is 3.79. The topological polar surface area (TPSA) is 24.5 Å². The van der Waals surface area contributed by atoms with Crippen molar-refractivity contribution in [2.24, 2.45) is 0 Å². The van der Waals surface area contributed by atoms with Crippen molar-refractivity contribution >= 4 is 5.69 Å². The highest BCUT2D eigenvalue weighted by molar-refractivity contribution is 5.71. The quantitative estimate of drug-likeness (QED) is 0.910. The van der Waals surface area contributed by atoms with E-state index in [-0.39, 0.29) is 5.82 Å². The van der Waals surface area contributed by atoms with Gasteiger partial charge in [-0.2, -0.15) is 0 Å². The van der Waals surface area contributed by atoms with Gasteiger partial charge in [0.2, 0.25) is 0 Å². The summed E-state index contributed by atoms with van der Waals surface area (Å²) in [4.78, 5) is 2.35. The van der Waals surface area contributed by atoms with Crippen LogP contribution in [0.3, 0.4) is 0 Å². The molecular formula is C22H25FN2O. The predicted molar refractivity (Wildman–Crippen MR) is 102 cm³/mol. The zero-order valence-corrected chi connectivity index (χ0v) is 15.1. The van der Waals surface area contributed by atoms with E-state index in [4.69, 9.17) is 4.74 Å². The fraction of sp³-hybridized carbons (Fsp3) is 0.455. The van der Waals surface area contributed by atoms with Gasteiger partial charge in [-0.05, 0) is 73.5 Å². The molecule has 0 spiro atoms. The van der Waals surface area contributed by atoms with Crippen molar-refractivity contribution in [3.05, 3.63) is 58.4 Å². The lowest BCUT2D eigenvalue weighted by atomic mass is 9.91. The Bertz CT molecular complexity index is 831. The zero-order valence-electron chi connectivity index (χ0n) is 15.1. The van der Waals surface area contributed by atoms with Crippen LogP contribution in [0.5, 0.6) is 5.75 Å². The van der Waals surface area contributed by atoms with Gasteiger partial charge in [-0.15, -0.1) is 0 Å². The Morgan fingerprint density at radius 1 is 1.15 bits per heavy atom. The molecule has 0 bridgehead atoms. The van der Waals surface area contributed by atoms with Crippen LogP contribution in [-0.4, -0.2) is 26.2 Å². The summed E-state index contributed by atoms with van der Waals surface area (Å²) >= 11 is 0. The van der Waals surface area contributed by atoms with Crippen LogP contribution < -0.4 is 15.0 Å². The van der Waals surface area contributed by atoms with Gasteiger partial charge in [-0.25, -0.2) is 4.39 Å². The number of hydrogen-bond donors (Lipinski definition) is 1. The smallest absolute Gasteiger partial charge is 0.143 e. The highest BCUT2D eigenvalue weighted by Crippen LogP contribution is 2.51.